The van der Waals surface area contributed by atoms with Crippen LogP contribution in [0, 0.1) is 10.1 Å². The van der Waals surface area contributed by atoms with Crippen LogP contribution in [-0.4, -0.2) is 16.4 Å². The summed E-state index contributed by atoms with van der Waals surface area (Å²) in [6.45, 7) is 0. The SMILES string of the molecule is NC1(CC(=O)Nc2cc([N+](=O)[O-])ccc2Br)CCC1. The fourth-order valence-corrected chi connectivity index (χ4v) is 2.39. The van der Waals surface area contributed by atoms with Crippen molar-refractivity contribution < 1.29 is 9.72 Å². The van der Waals surface area contributed by atoms with Gasteiger partial charge in [0.05, 0.1) is 10.6 Å². The van der Waals surface area contributed by atoms with E-state index in [0.717, 1.165) is 19.3 Å². The second kappa shape index (κ2) is 5.26. The Kier molecular flexibility index (Phi) is 3.86. The summed E-state index contributed by atoms with van der Waals surface area (Å²) in [5, 5.41) is 13.4. The van der Waals surface area contributed by atoms with Gasteiger partial charge in [0, 0.05) is 28.6 Å². The van der Waals surface area contributed by atoms with E-state index in [1.165, 1.54) is 18.2 Å². The van der Waals surface area contributed by atoms with E-state index >= 15 is 0 Å². The number of nitrogens with zero attached hydrogens (tertiary/aromatic N) is 1. The Morgan fingerprint density at radius 2 is 2.21 bits per heavy atom. The molecule has 0 heterocycles. The van der Waals surface area contributed by atoms with Gasteiger partial charge in [-0.2, -0.15) is 0 Å². The largest absolute Gasteiger partial charge is 0.325 e. The summed E-state index contributed by atoms with van der Waals surface area (Å²) in [5.41, 5.74) is 5.91. The lowest BCUT2D eigenvalue weighted by molar-refractivity contribution is -0.384. The lowest BCUT2D eigenvalue weighted by Crippen LogP contribution is -2.48. The minimum absolute atomic E-state index is 0.0652. The summed E-state index contributed by atoms with van der Waals surface area (Å²) in [5.74, 6) is -0.219. The second-order valence-electron chi connectivity index (χ2n) is 4.86. The number of nitro groups is 1. The highest BCUT2D eigenvalue weighted by Crippen LogP contribution is 2.33. The van der Waals surface area contributed by atoms with Crippen LogP contribution in [0.25, 0.3) is 0 Å². The topological polar surface area (TPSA) is 98.3 Å². The van der Waals surface area contributed by atoms with Crippen LogP contribution in [0.15, 0.2) is 22.7 Å². The maximum Gasteiger partial charge on any atom is 0.271 e. The van der Waals surface area contributed by atoms with Crippen LogP contribution in [0.4, 0.5) is 11.4 Å². The molecule has 0 aliphatic heterocycles. The molecule has 0 saturated heterocycles. The highest BCUT2D eigenvalue weighted by Gasteiger charge is 2.34. The summed E-state index contributed by atoms with van der Waals surface area (Å²) in [6.07, 6.45) is 2.97. The highest BCUT2D eigenvalue weighted by atomic mass is 79.9. The molecule has 3 N–H and O–H groups in total. The number of nitrogens with two attached hydrogens (primary N) is 1. The maximum atomic E-state index is 11.9. The first-order valence-electron chi connectivity index (χ1n) is 5.92. The van der Waals surface area contributed by atoms with E-state index in [2.05, 4.69) is 21.2 Å². The molecule has 0 atom stereocenters. The van der Waals surface area contributed by atoms with Gasteiger partial charge in [-0.1, -0.05) is 0 Å². The third kappa shape index (κ3) is 3.30. The van der Waals surface area contributed by atoms with E-state index in [9.17, 15) is 14.9 Å². The highest BCUT2D eigenvalue weighted by molar-refractivity contribution is 9.10. The van der Waals surface area contributed by atoms with Gasteiger partial charge in [-0.3, -0.25) is 14.9 Å². The number of hydrogen-bond donors (Lipinski definition) is 2. The van der Waals surface area contributed by atoms with Crippen LogP contribution < -0.4 is 11.1 Å². The first kappa shape index (κ1) is 14.0. The fraction of sp³-hybridized carbons (Fsp3) is 0.417. The third-order valence-electron chi connectivity index (χ3n) is 3.30. The van der Waals surface area contributed by atoms with E-state index < -0.39 is 10.5 Å². The normalized spacial score (nSPS) is 16.5. The second-order valence-corrected chi connectivity index (χ2v) is 5.72. The van der Waals surface area contributed by atoms with Gasteiger partial charge >= 0.3 is 0 Å². The van der Waals surface area contributed by atoms with Crippen LogP contribution in [-0.2, 0) is 4.79 Å². The summed E-state index contributed by atoms with van der Waals surface area (Å²) in [7, 11) is 0. The molecule has 1 aliphatic rings. The van der Waals surface area contributed by atoms with Gasteiger partial charge in [-0.25, -0.2) is 0 Å². The van der Waals surface area contributed by atoms with Crippen molar-refractivity contribution in [1.82, 2.24) is 0 Å². The standard InChI is InChI=1S/C12H14BrN3O3/c13-9-3-2-8(16(18)19)6-10(9)15-11(17)7-12(14)4-1-5-12/h2-3,6H,1,4-5,7,14H2,(H,15,17). The zero-order chi connectivity index (χ0) is 14.0. The number of non-ortho nitro benzene ring substituents is 1. The Hall–Kier alpha value is -1.47. The van der Waals surface area contributed by atoms with Gasteiger partial charge in [-0.15, -0.1) is 0 Å². The summed E-state index contributed by atoms with van der Waals surface area (Å²) < 4.78 is 0.603. The van der Waals surface area contributed by atoms with Crippen LogP contribution in [0.3, 0.4) is 0 Å². The van der Waals surface area contributed by atoms with Crippen molar-refractivity contribution in [3.8, 4) is 0 Å². The van der Waals surface area contributed by atoms with Crippen molar-refractivity contribution in [1.29, 1.82) is 0 Å². The van der Waals surface area contributed by atoms with Crippen molar-refractivity contribution >= 4 is 33.2 Å². The molecule has 1 fully saturated rings. The van der Waals surface area contributed by atoms with E-state index in [0.29, 0.717) is 10.2 Å². The summed E-state index contributed by atoms with van der Waals surface area (Å²) >= 11 is 3.25. The zero-order valence-electron chi connectivity index (χ0n) is 10.2. The average molecular weight is 328 g/mol. The van der Waals surface area contributed by atoms with E-state index in [-0.39, 0.29) is 18.0 Å². The van der Waals surface area contributed by atoms with Gasteiger partial charge in [0.1, 0.15) is 0 Å². The maximum absolute atomic E-state index is 11.9. The lowest BCUT2D eigenvalue weighted by Gasteiger charge is -2.37. The zero-order valence-corrected chi connectivity index (χ0v) is 11.8. The van der Waals surface area contributed by atoms with Gasteiger partial charge in [0.15, 0.2) is 0 Å². The molecular formula is C12H14BrN3O3. The Bertz CT molecular complexity index is 529. The van der Waals surface area contributed by atoms with Gasteiger partial charge in [-0.05, 0) is 41.3 Å². The predicted molar refractivity (Wildman–Crippen MR) is 74.8 cm³/mol. The van der Waals surface area contributed by atoms with Crippen molar-refractivity contribution in [3.05, 3.63) is 32.8 Å². The number of hydrogen-bond acceptors (Lipinski definition) is 4. The van der Waals surface area contributed by atoms with Crippen LogP contribution in [0.1, 0.15) is 25.7 Å². The molecular weight excluding hydrogens is 314 g/mol. The van der Waals surface area contributed by atoms with E-state index in [1.54, 1.807) is 0 Å². The number of rotatable bonds is 4. The Balaban J connectivity index is 2.07. The molecule has 6 nitrogen and oxygen atoms in total. The number of benzene rings is 1. The molecule has 0 radical (unpaired) electrons. The number of anilines is 1. The Morgan fingerprint density at radius 1 is 1.53 bits per heavy atom. The number of nitro benzene ring substituents is 1. The Morgan fingerprint density at radius 3 is 2.74 bits per heavy atom. The van der Waals surface area contributed by atoms with Crippen molar-refractivity contribution in [2.75, 3.05) is 5.32 Å². The number of amides is 1. The molecule has 1 amide bonds. The van der Waals surface area contributed by atoms with Gasteiger partial charge in [0.2, 0.25) is 5.91 Å². The average Bonchev–Trinajstić information content (AvgIpc) is 2.29. The molecule has 19 heavy (non-hydrogen) atoms. The minimum Gasteiger partial charge on any atom is -0.325 e. The molecule has 0 aromatic heterocycles. The molecule has 1 aromatic carbocycles. The van der Waals surface area contributed by atoms with E-state index in [4.69, 9.17) is 5.73 Å². The van der Waals surface area contributed by atoms with Crippen molar-refractivity contribution in [2.24, 2.45) is 5.73 Å². The monoisotopic (exact) mass is 327 g/mol. The quantitative estimate of drug-likeness (QED) is 0.655. The summed E-state index contributed by atoms with van der Waals surface area (Å²) in [4.78, 5) is 22.1. The van der Waals surface area contributed by atoms with Crippen LogP contribution in [0.2, 0.25) is 0 Å². The van der Waals surface area contributed by atoms with Crippen molar-refractivity contribution in [2.45, 2.75) is 31.2 Å². The fourth-order valence-electron chi connectivity index (χ4n) is 2.04. The smallest absolute Gasteiger partial charge is 0.271 e. The third-order valence-corrected chi connectivity index (χ3v) is 3.99. The van der Waals surface area contributed by atoms with E-state index in [1.807, 2.05) is 0 Å². The molecule has 0 bridgehead atoms. The first-order valence-corrected chi connectivity index (χ1v) is 6.72. The molecule has 1 saturated carbocycles. The number of nitrogens with one attached hydrogen (secondary N) is 1. The predicted octanol–water partition coefficient (Wildman–Crippen LogP) is 2.57. The Labute approximate surface area is 118 Å². The first-order chi connectivity index (χ1) is 8.89. The molecule has 1 aromatic rings. The molecule has 7 heteroatoms. The van der Waals surface area contributed by atoms with Crippen LogP contribution >= 0.6 is 15.9 Å². The van der Waals surface area contributed by atoms with Gasteiger partial charge < -0.3 is 11.1 Å². The molecule has 2 rings (SSSR count). The lowest BCUT2D eigenvalue weighted by atomic mass is 9.75. The number of carbonyl (C=O) groups excluding carboxylic acids is 1. The molecule has 0 unspecified atom stereocenters. The molecule has 1 aliphatic carbocycles. The summed E-state index contributed by atoms with van der Waals surface area (Å²) in [6, 6.07) is 4.23. The van der Waals surface area contributed by atoms with Gasteiger partial charge in [0.25, 0.3) is 5.69 Å². The molecule has 0 spiro atoms. The van der Waals surface area contributed by atoms with Crippen LogP contribution in [0.5, 0.6) is 0 Å². The molecule has 102 valence electrons. The van der Waals surface area contributed by atoms with Crippen molar-refractivity contribution in [3.63, 3.8) is 0 Å². The number of carbonyl (C=O) groups is 1. The minimum atomic E-state index is -0.502. The number of halogens is 1.